The summed E-state index contributed by atoms with van der Waals surface area (Å²) in [6, 6.07) is 0. The maximum absolute atomic E-state index is 11.2. The van der Waals surface area contributed by atoms with Gasteiger partial charge in [-0.05, 0) is 24.4 Å². The Labute approximate surface area is 99.2 Å². The van der Waals surface area contributed by atoms with Gasteiger partial charge in [0.25, 0.3) is 16.0 Å². The van der Waals surface area contributed by atoms with E-state index in [-0.39, 0.29) is 5.75 Å². The Morgan fingerprint density at radius 3 is 2.47 bits per heavy atom. The highest BCUT2D eigenvalue weighted by molar-refractivity contribution is 7.86. The molecule has 0 saturated heterocycles. The van der Waals surface area contributed by atoms with E-state index in [1.165, 1.54) is 0 Å². The summed E-state index contributed by atoms with van der Waals surface area (Å²) in [6.45, 7) is 1.09. The van der Waals surface area contributed by atoms with Gasteiger partial charge in [-0.2, -0.15) is 21.0 Å². The molecule has 0 aliphatic rings. The number of hydrogen-bond donors (Lipinski definition) is 2. The number of nitrogens with two attached hydrogens (primary N) is 1. The molecule has 9 heteroatoms. The lowest BCUT2D eigenvalue weighted by Crippen LogP contribution is -2.41. The van der Waals surface area contributed by atoms with Crippen molar-refractivity contribution in [1.82, 2.24) is 5.06 Å². The van der Waals surface area contributed by atoms with Crippen molar-refractivity contribution in [3.8, 4) is 0 Å². The van der Waals surface area contributed by atoms with E-state index in [0.29, 0.717) is 17.2 Å². The predicted octanol–water partition coefficient (Wildman–Crippen LogP) is -0.340. The summed E-state index contributed by atoms with van der Waals surface area (Å²) < 4.78 is 26.9. The van der Waals surface area contributed by atoms with Crippen LogP contribution in [0, 0.1) is 0 Å². The molecule has 6 nitrogen and oxygen atoms in total. The summed E-state index contributed by atoms with van der Waals surface area (Å²) in [4.78, 5) is 10.9. The first-order valence-corrected chi connectivity index (χ1v) is 6.55. The average Bonchev–Trinajstić information content (AvgIpc) is 2.10. The molecular formula is C6H12N2O4S3. The maximum atomic E-state index is 11.2. The fraction of sp³-hybridized carbons (Fsp3) is 0.667. The summed E-state index contributed by atoms with van der Waals surface area (Å²) in [6.07, 6.45) is 0.314. The fourth-order valence-corrected chi connectivity index (χ4v) is 2.21. The second kappa shape index (κ2) is 6.26. The zero-order valence-electron chi connectivity index (χ0n) is 8.04. The Balaban J connectivity index is 4.53. The number of hydrogen-bond acceptors (Lipinski definition) is 6. The minimum absolute atomic E-state index is 0.247. The van der Waals surface area contributed by atoms with Crippen molar-refractivity contribution >= 4 is 46.0 Å². The highest BCUT2D eigenvalue weighted by Crippen LogP contribution is 2.03. The van der Waals surface area contributed by atoms with E-state index in [9.17, 15) is 13.2 Å². The van der Waals surface area contributed by atoms with Crippen molar-refractivity contribution in [3.05, 3.63) is 0 Å². The molecule has 0 radical (unpaired) electrons. The molecule has 0 rings (SSSR count). The third kappa shape index (κ3) is 5.92. The number of rotatable bonds is 5. The molecule has 0 saturated carbocycles. The van der Waals surface area contributed by atoms with Gasteiger partial charge in [0.15, 0.2) is 5.11 Å². The second-order valence-corrected chi connectivity index (χ2v) is 5.10. The van der Waals surface area contributed by atoms with Crippen LogP contribution in [0.2, 0.25) is 0 Å². The lowest BCUT2D eigenvalue weighted by atomic mass is 10.6. The van der Waals surface area contributed by atoms with Crippen molar-refractivity contribution in [1.29, 1.82) is 0 Å². The molecule has 15 heavy (non-hydrogen) atoms. The van der Waals surface area contributed by atoms with E-state index < -0.39 is 21.1 Å². The van der Waals surface area contributed by atoms with Crippen LogP contribution in [-0.2, 0) is 19.2 Å². The van der Waals surface area contributed by atoms with E-state index >= 15 is 0 Å². The van der Waals surface area contributed by atoms with Gasteiger partial charge < -0.3 is 5.73 Å². The van der Waals surface area contributed by atoms with Gasteiger partial charge in [0.1, 0.15) is 0 Å². The van der Waals surface area contributed by atoms with Crippen LogP contribution in [0.4, 0.5) is 0 Å². The van der Waals surface area contributed by atoms with E-state index in [0.717, 1.165) is 6.92 Å². The minimum Gasteiger partial charge on any atom is -0.374 e. The van der Waals surface area contributed by atoms with E-state index in [1.54, 1.807) is 0 Å². The summed E-state index contributed by atoms with van der Waals surface area (Å²) in [7, 11) is -3.84. The molecule has 0 aliphatic carbocycles. The number of nitrogens with zero attached hydrogens (tertiary/aromatic N) is 1. The molecule has 1 amide bonds. The number of thiocarbonyl (C=S) groups is 1. The molecule has 0 unspecified atom stereocenters. The highest BCUT2D eigenvalue weighted by atomic mass is 32.2. The average molecular weight is 272 g/mol. The Hall–Kier alpha value is -0.380. The van der Waals surface area contributed by atoms with Gasteiger partial charge >= 0.3 is 0 Å². The van der Waals surface area contributed by atoms with Gasteiger partial charge in [-0.15, -0.1) is 9.35 Å². The lowest BCUT2D eigenvalue weighted by molar-refractivity contribution is -0.141. The zero-order chi connectivity index (χ0) is 12.1. The first-order valence-electron chi connectivity index (χ1n) is 3.93. The van der Waals surface area contributed by atoms with E-state index in [1.807, 2.05) is 0 Å². The van der Waals surface area contributed by atoms with Crippen LogP contribution >= 0.6 is 24.8 Å². The molecule has 0 aromatic heterocycles. The molecule has 0 atom stereocenters. The van der Waals surface area contributed by atoms with Crippen LogP contribution in [0.5, 0.6) is 0 Å². The Morgan fingerprint density at radius 1 is 1.60 bits per heavy atom. The summed E-state index contributed by atoms with van der Waals surface area (Å²) in [5.41, 5.74) is 5.11. The smallest absolute Gasteiger partial charge is 0.288 e. The lowest BCUT2D eigenvalue weighted by Gasteiger charge is -2.16. The third-order valence-corrected chi connectivity index (χ3v) is 2.87. The normalized spacial score (nSPS) is 11.1. The van der Waals surface area contributed by atoms with Gasteiger partial charge in [0.05, 0.1) is 5.75 Å². The summed E-state index contributed by atoms with van der Waals surface area (Å²) in [5.74, 6) is -0.546. The summed E-state index contributed by atoms with van der Waals surface area (Å²) >= 11 is 8.31. The maximum Gasteiger partial charge on any atom is 0.288 e. The van der Waals surface area contributed by atoms with Crippen LogP contribution in [0.1, 0.15) is 13.3 Å². The van der Waals surface area contributed by atoms with Gasteiger partial charge in [-0.3, -0.25) is 4.79 Å². The largest absolute Gasteiger partial charge is 0.374 e. The van der Waals surface area contributed by atoms with Crippen molar-refractivity contribution in [3.63, 3.8) is 0 Å². The highest BCUT2D eigenvalue weighted by Gasteiger charge is 2.21. The Kier molecular flexibility index (Phi) is 6.10. The van der Waals surface area contributed by atoms with Crippen molar-refractivity contribution in [2.45, 2.75) is 13.3 Å². The molecule has 0 aromatic carbocycles. The van der Waals surface area contributed by atoms with Crippen LogP contribution in [0.3, 0.4) is 0 Å². The molecule has 88 valence electrons. The second-order valence-electron chi connectivity index (χ2n) is 2.57. The molecule has 0 spiro atoms. The Morgan fingerprint density at radius 2 is 2.13 bits per heavy atom. The predicted molar refractivity (Wildman–Crippen MR) is 62.6 cm³/mol. The van der Waals surface area contributed by atoms with Gasteiger partial charge in [-0.1, -0.05) is 0 Å². The third-order valence-electron chi connectivity index (χ3n) is 1.23. The Bertz CT molecular complexity index is 326. The van der Waals surface area contributed by atoms with E-state index in [2.05, 4.69) is 29.1 Å². The van der Waals surface area contributed by atoms with Crippen molar-refractivity contribution in [2.24, 2.45) is 5.73 Å². The van der Waals surface area contributed by atoms with Gasteiger partial charge in [0, 0.05) is 6.92 Å². The number of thiol groups is 1. The minimum atomic E-state index is -3.84. The molecule has 0 heterocycles. The monoisotopic (exact) mass is 272 g/mol. The molecule has 0 fully saturated rings. The quantitative estimate of drug-likeness (QED) is 0.404. The molecule has 0 aliphatic heterocycles. The first kappa shape index (κ1) is 14.6. The van der Waals surface area contributed by atoms with E-state index in [4.69, 9.17) is 5.73 Å². The number of amides is 1. The van der Waals surface area contributed by atoms with Crippen molar-refractivity contribution < 1.29 is 17.5 Å². The number of carbonyl (C=O) groups is 1. The zero-order valence-corrected chi connectivity index (χ0v) is 10.6. The van der Waals surface area contributed by atoms with Crippen LogP contribution in [0.25, 0.3) is 0 Å². The van der Waals surface area contributed by atoms with Gasteiger partial charge in [-0.25, -0.2) is 0 Å². The van der Waals surface area contributed by atoms with Crippen LogP contribution in [0.15, 0.2) is 0 Å². The van der Waals surface area contributed by atoms with Crippen molar-refractivity contribution in [2.75, 3.05) is 11.5 Å². The molecular weight excluding hydrogens is 260 g/mol. The molecule has 0 aromatic rings. The number of carbonyl (C=O) groups excluding carboxylic acids is 1. The summed E-state index contributed by atoms with van der Waals surface area (Å²) in [5, 5.41) is -0.0830. The topological polar surface area (TPSA) is 89.7 Å². The van der Waals surface area contributed by atoms with Gasteiger partial charge in [0.2, 0.25) is 0 Å². The fourth-order valence-electron chi connectivity index (χ4n) is 0.637. The number of hydroxylamine groups is 2. The van der Waals surface area contributed by atoms with Crippen LogP contribution in [-0.4, -0.2) is 36.0 Å². The standard InChI is InChI=1S/C6H12N2O4S3/c1-5(9)8(6(7)14)12-15(10,11)4-2-3-13/h13H,2-4H2,1H3,(H2,7,14). The first-order chi connectivity index (χ1) is 6.80. The molecule has 0 bridgehead atoms. The SMILES string of the molecule is CC(=O)N(OS(=O)(=O)CCCS)C(N)=S. The molecule has 2 N–H and O–H groups in total. The van der Waals surface area contributed by atoms with Crippen LogP contribution < -0.4 is 5.73 Å².